The predicted molar refractivity (Wildman–Crippen MR) is 93.8 cm³/mol. The molecule has 1 fully saturated rings. The van der Waals surface area contributed by atoms with Gasteiger partial charge in [-0.1, -0.05) is 5.16 Å². The third kappa shape index (κ3) is 3.17. The number of nitrogens with zero attached hydrogens (tertiary/aromatic N) is 2. The molecule has 4 rings (SSSR count). The monoisotopic (exact) mass is 358 g/mol. The molecule has 1 aliphatic rings. The molecular weight excluding hydrogens is 340 g/mol. The standard InChI is InChI=1S/C18H18N2O4S/c1-10-5-6-15(25-10)14-8-13(16-11(2)20-24-17(16)19-14)18(21)23-9-12-4-3-7-22-12/h5-6,8,12H,3-4,7,9H2,1-2H3/t12-/m0/s1. The van der Waals surface area contributed by atoms with E-state index in [0.29, 0.717) is 28.1 Å². The maximum Gasteiger partial charge on any atom is 0.339 e. The van der Waals surface area contributed by atoms with E-state index in [0.717, 1.165) is 24.3 Å². The van der Waals surface area contributed by atoms with Gasteiger partial charge < -0.3 is 14.0 Å². The smallest absolute Gasteiger partial charge is 0.339 e. The van der Waals surface area contributed by atoms with Gasteiger partial charge in [-0.3, -0.25) is 0 Å². The Kier molecular flexibility index (Phi) is 4.27. The molecule has 3 aromatic heterocycles. The van der Waals surface area contributed by atoms with Crippen LogP contribution in [0.1, 0.15) is 33.8 Å². The molecule has 1 saturated heterocycles. The maximum absolute atomic E-state index is 12.7. The number of hydrogen-bond donors (Lipinski definition) is 0. The molecule has 0 radical (unpaired) electrons. The van der Waals surface area contributed by atoms with Crippen LogP contribution in [0.4, 0.5) is 0 Å². The number of ether oxygens (including phenoxy) is 2. The van der Waals surface area contributed by atoms with Crippen LogP contribution in [0.25, 0.3) is 21.7 Å². The first-order chi connectivity index (χ1) is 12.1. The number of aromatic nitrogens is 2. The molecule has 4 heterocycles. The molecule has 3 aromatic rings. The number of carbonyl (C=O) groups excluding carboxylic acids is 1. The summed E-state index contributed by atoms with van der Waals surface area (Å²) in [6, 6.07) is 5.77. The maximum atomic E-state index is 12.7. The summed E-state index contributed by atoms with van der Waals surface area (Å²) in [7, 11) is 0. The van der Waals surface area contributed by atoms with Crippen molar-refractivity contribution in [2.75, 3.05) is 13.2 Å². The zero-order valence-corrected chi connectivity index (χ0v) is 14.9. The van der Waals surface area contributed by atoms with Crippen molar-refractivity contribution in [3.8, 4) is 10.6 Å². The molecule has 0 amide bonds. The molecule has 0 spiro atoms. The van der Waals surface area contributed by atoms with Crippen LogP contribution in [0, 0.1) is 13.8 Å². The molecule has 0 unspecified atom stereocenters. The SMILES string of the molecule is Cc1ccc(-c2cc(C(=O)OC[C@@H]3CCCO3)c3c(C)noc3n2)s1. The molecule has 1 aliphatic heterocycles. The van der Waals surface area contributed by atoms with E-state index in [1.54, 1.807) is 24.3 Å². The molecule has 0 bridgehead atoms. The summed E-state index contributed by atoms with van der Waals surface area (Å²) in [5.41, 5.74) is 2.10. The van der Waals surface area contributed by atoms with Gasteiger partial charge in [0.2, 0.25) is 0 Å². The fourth-order valence-corrected chi connectivity index (χ4v) is 3.80. The second-order valence-electron chi connectivity index (χ2n) is 6.15. The van der Waals surface area contributed by atoms with Gasteiger partial charge in [-0.05, 0) is 44.9 Å². The lowest BCUT2D eigenvalue weighted by Gasteiger charge is -2.11. The molecule has 25 heavy (non-hydrogen) atoms. The topological polar surface area (TPSA) is 74.5 Å². The van der Waals surface area contributed by atoms with Crippen molar-refractivity contribution in [2.24, 2.45) is 0 Å². The lowest BCUT2D eigenvalue weighted by atomic mass is 10.1. The molecule has 7 heteroatoms. The third-order valence-corrected chi connectivity index (χ3v) is 5.28. The fourth-order valence-electron chi connectivity index (χ4n) is 2.98. The highest BCUT2D eigenvalue weighted by molar-refractivity contribution is 7.15. The van der Waals surface area contributed by atoms with E-state index in [9.17, 15) is 4.79 Å². The minimum absolute atomic E-state index is 0.00994. The van der Waals surface area contributed by atoms with Crippen molar-refractivity contribution in [1.82, 2.24) is 10.1 Å². The number of aryl methyl sites for hydroxylation is 2. The predicted octanol–water partition coefficient (Wildman–Crippen LogP) is 3.90. The second kappa shape index (κ2) is 6.57. The summed E-state index contributed by atoms with van der Waals surface area (Å²) in [5, 5.41) is 4.56. The van der Waals surface area contributed by atoms with Crippen molar-refractivity contribution < 1.29 is 18.8 Å². The first-order valence-corrected chi connectivity index (χ1v) is 9.06. The Balaban J connectivity index is 1.69. The normalized spacial score (nSPS) is 17.3. The van der Waals surface area contributed by atoms with Crippen LogP contribution in [-0.2, 0) is 9.47 Å². The number of esters is 1. The highest BCUT2D eigenvalue weighted by Gasteiger charge is 2.23. The van der Waals surface area contributed by atoms with Crippen LogP contribution >= 0.6 is 11.3 Å². The Morgan fingerprint density at radius 1 is 1.40 bits per heavy atom. The molecule has 0 aliphatic carbocycles. The Bertz CT molecular complexity index is 924. The van der Waals surface area contributed by atoms with Gasteiger partial charge >= 0.3 is 5.97 Å². The van der Waals surface area contributed by atoms with E-state index in [1.165, 1.54) is 4.88 Å². The third-order valence-electron chi connectivity index (χ3n) is 4.25. The van der Waals surface area contributed by atoms with Crippen molar-refractivity contribution >= 4 is 28.4 Å². The van der Waals surface area contributed by atoms with Crippen LogP contribution in [0.5, 0.6) is 0 Å². The van der Waals surface area contributed by atoms with Crippen molar-refractivity contribution in [3.63, 3.8) is 0 Å². The highest BCUT2D eigenvalue weighted by Crippen LogP contribution is 2.31. The van der Waals surface area contributed by atoms with Crippen LogP contribution in [0.3, 0.4) is 0 Å². The molecule has 0 saturated carbocycles. The minimum atomic E-state index is -0.399. The van der Waals surface area contributed by atoms with Crippen LogP contribution in [0.2, 0.25) is 0 Å². The molecule has 0 N–H and O–H groups in total. The van der Waals surface area contributed by atoms with Crippen molar-refractivity contribution in [2.45, 2.75) is 32.8 Å². The summed E-state index contributed by atoms with van der Waals surface area (Å²) in [6.07, 6.45) is 1.92. The number of rotatable bonds is 4. The Labute approximate surface area is 148 Å². The van der Waals surface area contributed by atoms with Gasteiger partial charge in [0.15, 0.2) is 0 Å². The Hall–Kier alpha value is -2.25. The van der Waals surface area contributed by atoms with Crippen molar-refractivity contribution in [1.29, 1.82) is 0 Å². The average Bonchev–Trinajstić information content (AvgIpc) is 3.34. The summed E-state index contributed by atoms with van der Waals surface area (Å²) >= 11 is 1.61. The van der Waals surface area contributed by atoms with Crippen molar-refractivity contribution in [3.05, 3.63) is 34.3 Å². The Morgan fingerprint density at radius 2 is 2.28 bits per heavy atom. The summed E-state index contributed by atoms with van der Waals surface area (Å²) in [4.78, 5) is 19.3. The summed E-state index contributed by atoms with van der Waals surface area (Å²) in [5.74, 6) is -0.399. The highest BCUT2D eigenvalue weighted by atomic mass is 32.1. The van der Waals surface area contributed by atoms with Gasteiger partial charge in [0.05, 0.1) is 33.3 Å². The molecule has 130 valence electrons. The van der Waals surface area contributed by atoms with Gasteiger partial charge in [-0.2, -0.15) is 0 Å². The van der Waals surface area contributed by atoms with Crippen LogP contribution in [0.15, 0.2) is 22.7 Å². The minimum Gasteiger partial charge on any atom is -0.459 e. The fraction of sp³-hybridized carbons (Fsp3) is 0.389. The van der Waals surface area contributed by atoms with Crippen LogP contribution < -0.4 is 0 Å². The van der Waals surface area contributed by atoms with Gasteiger partial charge in [0, 0.05) is 11.5 Å². The van der Waals surface area contributed by atoms with E-state index in [4.69, 9.17) is 14.0 Å². The number of pyridine rings is 1. The van der Waals surface area contributed by atoms with Gasteiger partial charge in [-0.15, -0.1) is 11.3 Å². The lowest BCUT2D eigenvalue weighted by molar-refractivity contribution is 0.0163. The van der Waals surface area contributed by atoms with E-state index in [2.05, 4.69) is 10.1 Å². The number of fused-ring (bicyclic) bond motifs is 1. The zero-order valence-electron chi connectivity index (χ0n) is 14.1. The second-order valence-corrected chi connectivity index (χ2v) is 7.43. The average molecular weight is 358 g/mol. The lowest BCUT2D eigenvalue weighted by Crippen LogP contribution is -2.18. The van der Waals surface area contributed by atoms with E-state index in [1.807, 2.05) is 19.1 Å². The zero-order chi connectivity index (χ0) is 17.4. The quantitative estimate of drug-likeness (QED) is 0.659. The largest absolute Gasteiger partial charge is 0.459 e. The molecular formula is C18H18N2O4S. The number of thiophene rings is 1. The number of hydrogen-bond acceptors (Lipinski definition) is 7. The molecule has 6 nitrogen and oxygen atoms in total. The van der Waals surface area contributed by atoms with Gasteiger partial charge in [0.25, 0.3) is 5.71 Å². The molecule has 0 aromatic carbocycles. The van der Waals surface area contributed by atoms with E-state index < -0.39 is 5.97 Å². The van der Waals surface area contributed by atoms with E-state index in [-0.39, 0.29) is 12.7 Å². The number of carbonyl (C=O) groups is 1. The van der Waals surface area contributed by atoms with Gasteiger partial charge in [-0.25, -0.2) is 9.78 Å². The Morgan fingerprint density at radius 3 is 3.00 bits per heavy atom. The van der Waals surface area contributed by atoms with Crippen LogP contribution in [-0.4, -0.2) is 35.4 Å². The van der Waals surface area contributed by atoms with E-state index >= 15 is 0 Å². The summed E-state index contributed by atoms with van der Waals surface area (Å²) < 4.78 is 16.3. The first-order valence-electron chi connectivity index (χ1n) is 8.24. The summed E-state index contributed by atoms with van der Waals surface area (Å²) in [6.45, 7) is 4.82. The molecule has 1 atom stereocenters. The first kappa shape index (κ1) is 16.2. The van der Waals surface area contributed by atoms with Gasteiger partial charge in [0.1, 0.15) is 6.61 Å².